The molecule has 1 aliphatic rings. The van der Waals surface area contributed by atoms with Gasteiger partial charge in [0.05, 0.1) is 0 Å². The molecule has 1 saturated carbocycles. The number of rotatable bonds is 6. The van der Waals surface area contributed by atoms with Crippen LogP contribution >= 0.6 is 0 Å². The molecular formula is C17H35N. The van der Waals surface area contributed by atoms with E-state index in [1.165, 1.54) is 51.5 Å². The molecule has 0 aromatic rings. The topological polar surface area (TPSA) is 12.0 Å². The average Bonchev–Trinajstić information content (AvgIpc) is 2.33. The van der Waals surface area contributed by atoms with Crippen LogP contribution in [0.25, 0.3) is 0 Å². The molecule has 0 heterocycles. The lowest BCUT2D eigenvalue weighted by Crippen LogP contribution is -2.43. The summed E-state index contributed by atoms with van der Waals surface area (Å²) in [5, 5.41) is 3.86. The molecule has 0 aromatic carbocycles. The fraction of sp³-hybridized carbons (Fsp3) is 1.00. The summed E-state index contributed by atoms with van der Waals surface area (Å²) in [5.74, 6) is 1.89. The lowest BCUT2D eigenvalue weighted by molar-refractivity contribution is 0.143. The highest BCUT2D eigenvalue weighted by Crippen LogP contribution is 2.37. The maximum atomic E-state index is 3.86. The molecule has 1 rings (SSSR count). The van der Waals surface area contributed by atoms with Crippen molar-refractivity contribution >= 4 is 0 Å². The molecule has 1 aliphatic carbocycles. The van der Waals surface area contributed by atoms with Gasteiger partial charge in [-0.3, -0.25) is 0 Å². The van der Waals surface area contributed by atoms with E-state index in [-0.39, 0.29) is 0 Å². The Morgan fingerprint density at radius 1 is 1.11 bits per heavy atom. The fourth-order valence-electron chi connectivity index (χ4n) is 3.64. The molecule has 0 saturated heterocycles. The first-order valence-corrected chi connectivity index (χ1v) is 8.21. The van der Waals surface area contributed by atoms with Gasteiger partial charge in [-0.25, -0.2) is 0 Å². The first kappa shape index (κ1) is 16.0. The Hall–Kier alpha value is -0.0400. The van der Waals surface area contributed by atoms with E-state index in [2.05, 4.69) is 39.9 Å². The third kappa shape index (κ3) is 5.30. The lowest BCUT2D eigenvalue weighted by atomic mass is 9.70. The smallest absolute Gasteiger partial charge is 0.0103 e. The van der Waals surface area contributed by atoms with Crippen LogP contribution < -0.4 is 5.32 Å². The molecular weight excluding hydrogens is 218 g/mol. The molecule has 3 unspecified atom stereocenters. The van der Waals surface area contributed by atoms with Crippen LogP contribution in [0.3, 0.4) is 0 Å². The van der Waals surface area contributed by atoms with Gasteiger partial charge in [-0.2, -0.15) is 0 Å². The molecule has 1 nitrogen and oxygen atoms in total. The predicted molar refractivity (Wildman–Crippen MR) is 81.9 cm³/mol. The summed E-state index contributed by atoms with van der Waals surface area (Å²) in [7, 11) is 0. The summed E-state index contributed by atoms with van der Waals surface area (Å²) in [6.07, 6.45) is 9.80. The van der Waals surface area contributed by atoms with Gasteiger partial charge in [0.2, 0.25) is 0 Å². The number of hydrogen-bond acceptors (Lipinski definition) is 1. The highest BCUT2D eigenvalue weighted by molar-refractivity contribution is 4.87. The standard InChI is InChI=1S/C17H35N/c1-6-12-18-16(13-17(3,4)5)15-11-9-8-10-14(15)7-2/h14-16,18H,6-13H2,1-5H3. The zero-order chi connectivity index (χ0) is 13.6. The lowest BCUT2D eigenvalue weighted by Gasteiger charge is -2.40. The number of nitrogens with one attached hydrogen (secondary N) is 1. The van der Waals surface area contributed by atoms with Crippen LogP contribution in [0.5, 0.6) is 0 Å². The number of hydrogen-bond donors (Lipinski definition) is 1. The van der Waals surface area contributed by atoms with Crippen LogP contribution in [0.2, 0.25) is 0 Å². The molecule has 1 heteroatoms. The van der Waals surface area contributed by atoms with Crippen LogP contribution in [-0.4, -0.2) is 12.6 Å². The van der Waals surface area contributed by atoms with Crippen LogP contribution in [0.1, 0.15) is 79.6 Å². The van der Waals surface area contributed by atoms with E-state index in [0.29, 0.717) is 5.41 Å². The van der Waals surface area contributed by atoms with Crippen molar-refractivity contribution in [2.75, 3.05) is 6.54 Å². The van der Waals surface area contributed by atoms with E-state index in [9.17, 15) is 0 Å². The highest BCUT2D eigenvalue weighted by Gasteiger charge is 2.32. The van der Waals surface area contributed by atoms with Crippen molar-refractivity contribution in [1.29, 1.82) is 0 Å². The molecule has 0 amide bonds. The monoisotopic (exact) mass is 253 g/mol. The zero-order valence-electron chi connectivity index (χ0n) is 13.4. The van der Waals surface area contributed by atoms with E-state index >= 15 is 0 Å². The minimum Gasteiger partial charge on any atom is -0.314 e. The van der Waals surface area contributed by atoms with E-state index in [1.54, 1.807) is 0 Å². The first-order chi connectivity index (χ1) is 8.48. The van der Waals surface area contributed by atoms with Gasteiger partial charge in [0, 0.05) is 6.04 Å². The minimum atomic E-state index is 0.446. The summed E-state index contributed by atoms with van der Waals surface area (Å²) in [6.45, 7) is 13.0. The molecule has 18 heavy (non-hydrogen) atoms. The van der Waals surface area contributed by atoms with Crippen molar-refractivity contribution in [3.05, 3.63) is 0 Å². The summed E-state index contributed by atoms with van der Waals surface area (Å²) in [4.78, 5) is 0. The van der Waals surface area contributed by atoms with Gasteiger partial charge in [0.15, 0.2) is 0 Å². The van der Waals surface area contributed by atoms with Crippen LogP contribution in [0.4, 0.5) is 0 Å². The Morgan fingerprint density at radius 2 is 1.78 bits per heavy atom. The van der Waals surface area contributed by atoms with Gasteiger partial charge in [-0.15, -0.1) is 0 Å². The summed E-state index contributed by atoms with van der Waals surface area (Å²) in [5.41, 5.74) is 0.446. The Bertz CT molecular complexity index is 216. The van der Waals surface area contributed by atoms with Gasteiger partial charge in [-0.1, -0.05) is 60.3 Å². The molecule has 108 valence electrons. The van der Waals surface area contributed by atoms with Gasteiger partial charge in [0.25, 0.3) is 0 Å². The first-order valence-electron chi connectivity index (χ1n) is 8.21. The van der Waals surface area contributed by atoms with E-state index in [0.717, 1.165) is 17.9 Å². The Kier molecular flexibility index (Phi) is 6.70. The van der Waals surface area contributed by atoms with Gasteiger partial charge in [0.1, 0.15) is 0 Å². The van der Waals surface area contributed by atoms with Crippen molar-refractivity contribution in [2.24, 2.45) is 17.3 Å². The largest absolute Gasteiger partial charge is 0.314 e. The fourth-order valence-corrected chi connectivity index (χ4v) is 3.64. The Labute approximate surface area is 115 Å². The van der Waals surface area contributed by atoms with Crippen LogP contribution in [0, 0.1) is 17.3 Å². The predicted octanol–water partition coefficient (Wildman–Crippen LogP) is 5.01. The maximum absolute atomic E-state index is 3.86. The van der Waals surface area contributed by atoms with E-state index < -0.39 is 0 Å². The molecule has 1 fully saturated rings. The van der Waals surface area contributed by atoms with E-state index in [4.69, 9.17) is 0 Å². The van der Waals surface area contributed by atoms with Gasteiger partial charge in [-0.05, 0) is 43.1 Å². The van der Waals surface area contributed by atoms with Crippen molar-refractivity contribution in [3.63, 3.8) is 0 Å². The summed E-state index contributed by atoms with van der Waals surface area (Å²) >= 11 is 0. The Balaban J connectivity index is 2.66. The second-order valence-corrected chi connectivity index (χ2v) is 7.44. The molecule has 3 atom stereocenters. The molecule has 1 N–H and O–H groups in total. The van der Waals surface area contributed by atoms with Crippen LogP contribution in [0.15, 0.2) is 0 Å². The summed E-state index contributed by atoms with van der Waals surface area (Å²) < 4.78 is 0. The van der Waals surface area contributed by atoms with E-state index in [1.807, 2.05) is 0 Å². The third-order valence-electron chi connectivity index (χ3n) is 4.50. The average molecular weight is 253 g/mol. The normalized spacial score (nSPS) is 27.2. The van der Waals surface area contributed by atoms with Crippen molar-refractivity contribution in [2.45, 2.75) is 85.6 Å². The quantitative estimate of drug-likeness (QED) is 0.702. The minimum absolute atomic E-state index is 0.446. The second-order valence-electron chi connectivity index (χ2n) is 7.44. The second kappa shape index (κ2) is 7.53. The molecule has 0 radical (unpaired) electrons. The van der Waals surface area contributed by atoms with Crippen LogP contribution in [-0.2, 0) is 0 Å². The molecule has 0 aliphatic heterocycles. The molecule has 0 aromatic heterocycles. The van der Waals surface area contributed by atoms with Crippen molar-refractivity contribution in [3.8, 4) is 0 Å². The zero-order valence-corrected chi connectivity index (χ0v) is 13.4. The van der Waals surface area contributed by atoms with Crippen molar-refractivity contribution < 1.29 is 0 Å². The van der Waals surface area contributed by atoms with Crippen molar-refractivity contribution in [1.82, 2.24) is 5.32 Å². The highest BCUT2D eigenvalue weighted by atomic mass is 14.9. The molecule has 0 bridgehead atoms. The third-order valence-corrected chi connectivity index (χ3v) is 4.50. The molecule has 0 spiro atoms. The maximum Gasteiger partial charge on any atom is 0.0103 e. The Morgan fingerprint density at radius 3 is 2.33 bits per heavy atom. The summed E-state index contributed by atoms with van der Waals surface area (Å²) in [6, 6.07) is 0.746. The SMILES string of the molecule is CCCNC(CC(C)(C)C)C1CCCCC1CC. The van der Waals surface area contributed by atoms with Gasteiger partial charge < -0.3 is 5.32 Å². The van der Waals surface area contributed by atoms with Gasteiger partial charge >= 0.3 is 0 Å².